The average Bonchev–Trinajstić information content (AvgIpc) is 2.49. The zero-order valence-electron chi connectivity index (χ0n) is 13.8. The van der Waals surface area contributed by atoms with Gasteiger partial charge in [0.1, 0.15) is 0 Å². The highest BCUT2D eigenvalue weighted by Crippen LogP contribution is 2.19. The number of rotatable bonds is 4. The van der Waals surface area contributed by atoms with Crippen LogP contribution >= 0.6 is 12.2 Å². The fourth-order valence-corrected chi connectivity index (χ4v) is 3.21. The van der Waals surface area contributed by atoms with Crippen LogP contribution in [0.2, 0.25) is 0 Å². The molecule has 5 nitrogen and oxygen atoms in total. The van der Waals surface area contributed by atoms with Gasteiger partial charge in [-0.2, -0.15) is 0 Å². The van der Waals surface area contributed by atoms with E-state index in [1.807, 2.05) is 6.92 Å². The van der Waals surface area contributed by atoms with Gasteiger partial charge in [0.05, 0.1) is 10.9 Å². The van der Waals surface area contributed by atoms with Crippen molar-refractivity contribution in [3.8, 4) is 0 Å². The third-order valence-electron chi connectivity index (χ3n) is 3.69. The van der Waals surface area contributed by atoms with Crippen LogP contribution in [-0.2, 0) is 10.0 Å². The maximum Gasteiger partial charge on any atom is 0.238 e. The number of thiocarbonyl (C=S) groups is 1. The minimum absolute atomic E-state index is 0.0496. The Morgan fingerprint density at radius 1 is 1.12 bits per heavy atom. The second-order valence-corrected chi connectivity index (χ2v) is 7.72. The first-order valence-electron chi connectivity index (χ1n) is 7.44. The van der Waals surface area contributed by atoms with Crippen molar-refractivity contribution in [1.29, 1.82) is 0 Å². The van der Waals surface area contributed by atoms with Crippen LogP contribution < -0.4 is 15.8 Å². The minimum Gasteiger partial charge on any atom is -0.356 e. The Balaban J connectivity index is 2.04. The van der Waals surface area contributed by atoms with Gasteiger partial charge in [-0.3, -0.25) is 0 Å². The third kappa shape index (κ3) is 4.77. The summed E-state index contributed by atoms with van der Waals surface area (Å²) in [5.41, 5.74) is 4.26. The Hall–Kier alpha value is -1.96. The molecule has 0 saturated heterocycles. The summed E-state index contributed by atoms with van der Waals surface area (Å²) in [6.45, 7) is 6.16. The van der Waals surface area contributed by atoms with Crippen molar-refractivity contribution in [2.24, 2.45) is 5.14 Å². The lowest BCUT2D eigenvalue weighted by molar-refractivity contribution is 0.598. The number of aryl methyl sites for hydroxylation is 2. The van der Waals surface area contributed by atoms with Gasteiger partial charge < -0.3 is 10.6 Å². The molecular formula is C17H21N3O2S2. The smallest absolute Gasteiger partial charge is 0.238 e. The Bertz CT molecular complexity index is 847. The zero-order valence-corrected chi connectivity index (χ0v) is 15.5. The monoisotopic (exact) mass is 363 g/mol. The molecular weight excluding hydrogens is 342 g/mol. The fraction of sp³-hybridized carbons (Fsp3) is 0.235. The summed E-state index contributed by atoms with van der Waals surface area (Å²) in [5.74, 6) is 0. The summed E-state index contributed by atoms with van der Waals surface area (Å²) in [4.78, 5) is 0.0654. The molecule has 0 spiro atoms. The molecule has 2 aromatic carbocycles. The molecule has 0 radical (unpaired) electrons. The number of primary sulfonamides is 1. The van der Waals surface area contributed by atoms with E-state index in [9.17, 15) is 8.42 Å². The summed E-state index contributed by atoms with van der Waals surface area (Å²) in [6, 6.07) is 12.5. The lowest BCUT2D eigenvalue weighted by atomic mass is 10.0. The van der Waals surface area contributed by atoms with Crippen molar-refractivity contribution in [2.75, 3.05) is 5.32 Å². The number of sulfonamides is 1. The van der Waals surface area contributed by atoms with Crippen LogP contribution in [0.4, 0.5) is 5.69 Å². The molecule has 0 bridgehead atoms. The Labute approximate surface area is 148 Å². The Morgan fingerprint density at radius 3 is 2.33 bits per heavy atom. The number of nitrogens with two attached hydrogens (primary N) is 1. The second-order valence-electron chi connectivity index (χ2n) is 5.75. The van der Waals surface area contributed by atoms with Gasteiger partial charge in [-0.05, 0) is 68.4 Å². The quantitative estimate of drug-likeness (QED) is 0.727. The van der Waals surface area contributed by atoms with E-state index in [0.29, 0.717) is 10.8 Å². The van der Waals surface area contributed by atoms with Crippen LogP contribution in [0, 0.1) is 13.8 Å². The molecule has 2 aromatic rings. The van der Waals surface area contributed by atoms with Gasteiger partial charge in [-0.15, -0.1) is 0 Å². The molecule has 0 aliphatic rings. The summed E-state index contributed by atoms with van der Waals surface area (Å²) in [6.07, 6.45) is 0. The number of nitrogens with one attached hydrogen (secondary N) is 2. The molecule has 1 atom stereocenters. The lowest BCUT2D eigenvalue weighted by Crippen LogP contribution is -2.31. The normalized spacial score (nSPS) is 12.5. The fourth-order valence-electron chi connectivity index (χ4n) is 2.40. The Morgan fingerprint density at radius 2 is 1.75 bits per heavy atom. The van der Waals surface area contributed by atoms with Crippen molar-refractivity contribution in [2.45, 2.75) is 31.7 Å². The number of anilines is 1. The van der Waals surface area contributed by atoms with Crippen LogP contribution in [0.5, 0.6) is 0 Å². The molecule has 24 heavy (non-hydrogen) atoms. The maximum atomic E-state index is 11.2. The molecule has 0 aromatic heterocycles. The molecule has 7 heteroatoms. The molecule has 0 aliphatic heterocycles. The van der Waals surface area contributed by atoms with Crippen molar-refractivity contribution < 1.29 is 8.42 Å². The largest absolute Gasteiger partial charge is 0.356 e. The van der Waals surface area contributed by atoms with Gasteiger partial charge in [0, 0.05) is 5.69 Å². The van der Waals surface area contributed by atoms with Crippen molar-refractivity contribution >= 4 is 33.0 Å². The first-order chi connectivity index (χ1) is 11.2. The molecule has 0 amide bonds. The Kier molecular flexibility index (Phi) is 5.58. The topological polar surface area (TPSA) is 84.2 Å². The summed E-state index contributed by atoms with van der Waals surface area (Å²) < 4.78 is 22.5. The second kappa shape index (κ2) is 7.29. The van der Waals surface area contributed by atoms with Gasteiger partial charge in [0.15, 0.2) is 5.11 Å². The molecule has 128 valence electrons. The van der Waals surface area contributed by atoms with E-state index in [1.54, 1.807) is 12.1 Å². The predicted octanol–water partition coefficient (Wildman–Crippen LogP) is 3.00. The highest BCUT2D eigenvalue weighted by atomic mass is 32.2. The van der Waals surface area contributed by atoms with Crippen molar-refractivity contribution in [1.82, 2.24) is 5.32 Å². The van der Waals surface area contributed by atoms with E-state index in [0.717, 1.165) is 0 Å². The molecule has 0 aliphatic carbocycles. The van der Waals surface area contributed by atoms with Crippen LogP contribution in [0.25, 0.3) is 0 Å². The van der Waals surface area contributed by atoms with Gasteiger partial charge in [0.25, 0.3) is 0 Å². The van der Waals surface area contributed by atoms with E-state index in [2.05, 4.69) is 42.7 Å². The third-order valence-corrected chi connectivity index (χ3v) is 4.84. The first-order valence-corrected chi connectivity index (χ1v) is 9.40. The summed E-state index contributed by atoms with van der Waals surface area (Å²) >= 11 is 5.33. The van der Waals surface area contributed by atoms with E-state index in [4.69, 9.17) is 17.4 Å². The van der Waals surface area contributed by atoms with E-state index in [-0.39, 0.29) is 10.9 Å². The summed E-state index contributed by atoms with van der Waals surface area (Å²) in [7, 11) is -3.69. The predicted molar refractivity (Wildman–Crippen MR) is 102 cm³/mol. The average molecular weight is 364 g/mol. The van der Waals surface area contributed by atoms with Crippen molar-refractivity contribution in [3.05, 3.63) is 59.2 Å². The molecule has 0 fully saturated rings. The SMILES string of the molecule is Cc1ccc(C)c(C(C)NC(=S)Nc2ccc(S(N)(=O)=O)cc2)c1. The zero-order chi connectivity index (χ0) is 17.9. The molecule has 0 heterocycles. The minimum atomic E-state index is -3.69. The molecule has 2 rings (SSSR count). The number of benzene rings is 2. The number of hydrogen-bond acceptors (Lipinski definition) is 3. The van der Waals surface area contributed by atoms with E-state index in [1.165, 1.54) is 28.8 Å². The van der Waals surface area contributed by atoms with Gasteiger partial charge in [-0.1, -0.05) is 23.8 Å². The van der Waals surface area contributed by atoms with Gasteiger partial charge in [0.2, 0.25) is 10.0 Å². The number of hydrogen-bond donors (Lipinski definition) is 3. The van der Waals surface area contributed by atoms with Crippen LogP contribution in [0.1, 0.15) is 29.7 Å². The van der Waals surface area contributed by atoms with Crippen LogP contribution in [0.15, 0.2) is 47.4 Å². The first kappa shape index (κ1) is 18.4. The van der Waals surface area contributed by atoms with Crippen LogP contribution in [-0.4, -0.2) is 13.5 Å². The molecule has 4 N–H and O–H groups in total. The maximum absolute atomic E-state index is 11.2. The van der Waals surface area contributed by atoms with Crippen molar-refractivity contribution in [3.63, 3.8) is 0 Å². The van der Waals surface area contributed by atoms with Gasteiger partial charge >= 0.3 is 0 Å². The molecule has 1 unspecified atom stereocenters. The van der Waals surface area contributed by atoms with Gasteiger partial charge in [-0.25, -0.2) is 13.6 Å². The lowest BCUT2D eigenvalue weighted by Gasteiger charge is -2.19. The summed E-state index contributed by atoms with van der Waals surface area (Å²) in [5, 5.41) is 11.8. The van der Waals surface area contributed by atoms with E-state index >= 15 is 0 Å². The molecule has 0 saturated carbocycles. The highest BCUT2D eigenvalue weighted by molar-refractivity contribution is 7.89. The van der Waals surface area contributed by atoms with Crippen LogP contribution in [0.3, 0.4) is 0 Å². The highest BCUT2D eigenvalue weighted by Gasteiger charge is 2.11. The van der Waals surface area contributed by atoms with E-state index < -0.39 is 10.0 Å². The standard InChI is InChI=1S/C17H21N3O2S2/c1-11-4-5-12(2)16(10-11)13(3)19-17(23)20-14-6-8-15(9-7-14)24(18,21)22/h4-10,13H,1-3H3,(H2,18,21,22)(H2,19,20,23).